The molecule has 1 aliphatic rings. The van der Waals surface area contributed by atoms with Gasteiger partial charge in [0.25, 0.3) is 0 Å². The zero-order valence-electron chi connectivity index (χ0n) is 8.57. The lowest BCUT2D eigenvalue weighted by atomic mass is 10.1. The Hall–Kier alpha value is -0.540. The van der Waals surface area contributed by atoms with E-state index < -0.39 is 0 Å². The van der Waals surface area contributed by atoms with Crippen molar-refractivity contribution in [2.75, 3.05) is 0 Å². The Bertz CT molecular complexity index is 315. The van der Waals surface area contributed by atoms with Crippen molar-refractivity contribution in [1.82, 2.24) is 9.78 Å². The quantitative estimate of drug-likeness (QED) is 0.836. The van der Waals surface area contributed by atoms with Crippen LogP contribution in [-0.2, 0) is 7.05 Å². The van der Waals surface area contributed by atoms with E-state index in [1.807, 2.05) is 7.05 Å². The van der Waals surface area contributed by atoms with Crippen molar-refractivity contribution < 1.29 is 0 Å². The zero-order valence-corrected chi connectivity index (χ0v) is 9.33. The van der Waals surface area contributed by atoms with Gasteiger partial charge in [-0.05, 0) is 18.3 Å². The molecule has 1 heterocycles. The van der Waals surface area contributed by atoms with Crippen LogP contribution in [0.15, 0.2) is 6.20 Å². The highest BCUT2D eigenvalue weighted by atomic mass is 35.5. The van der Waals surface area contributed by atoms with Crippen LogP contribution in [0, 0.1) is 11.8 Å². The van der Waals surface area contributed by atoms with Crippen molar-refractivity contribution in [3.05, 3.63) is 16.9 Å². The lowest BCUT2D eigenvalue weighted by Crippen LogP contribution is -2.18. The van der Waals surface area contributed by atoms with E-state index >= 15 is 0 Å². The number of hydrogen-bond donors (Lipinski definition) is 1. The Kier molecular flexibility index (Phi) is 2.54. The number of nitrogens with zero attached hydrogens (tertiary/aromatic N) is 2. The van der Waals surface area contributed by atoms with Crippen LogP contribution in [0.2, 0.25) is 5.02 Å². The van der Waals surface area contributed by atoms with Gasteiger partial charge in [0.05, 0.1) is 23.0 Å². The molecule has 1 aliphatic carbocycles. The largest absolute Gasteiger partial charge is 0.322 e. The van der Waals surface area contributed by atoms with Crippen LogP contribution in [0.4, 0.5) is 0 Å². The highest BCUT2D eigenvalue weighted by Gasteiger charge is 2.42. The van der Waals surface area contributed by atoms with Gasteiger partial charge >= 0.3 is 0 Å². The van der Waals surface area contributed by atoms with Crippen LogP contribution < -0.4 is 5.73 Å². The molecule has 0 aromatic carbocycles. The van der Waals surface area contributed by atoms with Gasteiger partial charge in [0.1, 0.15) is 0 Å². The Labute approximate surface area is 89.2 Å². The zero-order chi connectivity index (χ0) is 10.3. The summed E-state index contributed by atoms with van der Waals surface area (Å²) in [5.74, 6) is 1.39. The average molecular weight is 214 g/mol. The number of rotatable bonds is 3. The Morgan fingerprint density at radius 3 is 2.93 bits per heavy atom. The van der Waals surface area contributed by atoms with Gasteiger partial charge in [0.15, 0.2) is 0 Å². The van der Waals surface area contributed by atoms with Crippen molar-refractivity contribution in [2.45, 2.75) is 25.8 Å². The summed E-state index contributed by atoms with van der Waals surface area (Å²) in [6, 6.07) is 0.0555. The van der Waals surface area contributed by atoms with E-state index in [0.717, 1.165) is 11.6 Å². The van der Waals surface area contributed by atoms with Crippen LogP contribution in [0.3, 0.4) is 0 Å². The normalized spacial score (nSPS) is 27.7. The standard InChI is InChI=1S/C10H16ClN3/c1-3-6-4-7(6)9(12)10-8(11)5-13-14(10)2/h5-7,9H,3-4,12H2,1-2H3/t6-,7-,9?/m1/s1. The molecule has 0 radical (unpaired) electrons. The molecule has 2 rings (SSSR count). The summed E-state index contributed by atoms with van der Waals surface area (Å²) in [4.78, 5) is 0. The second-order valence-electron chi connectivity index (χ2n) is 4.10. The van der Waals surface area contributed by atoms with Crippen LogP contribution >= 0.6 is 11.6 Å². The molecule has 0 amide bonds. The molecular weight excluding hydrogens is 198 g/mol. The summed E-state index contributed by atoms with van der Waals surface area (Å²) < 4.78 is 1.79. The van der Waals surface area contributed by atoms with Gasteiger partial charge in [0, 0.05) is 7.05 Å². The van der Waals surface area contributed by atoms with Gasteiger partial charge in [-0.25, -0.2) is 0 Å². The van der Waals surface area contributed by atoms with Crippen LogP contribution in [0.5, 0.6) is 0 Å². The van der Waals surface area contributed by atoms with Crippen LogP contribution in [0.25, 0.3) is 0 Å². The maximum absolute atomic E-state index is 6.17. The van der Waals surface area contributed by atoms with Gasteiger partial charge in [-0.1, -0.05) is 24.9 Å². The van der Waals surface area contributed by atoms with E-state index in [1.165, 1.54) is 12.8 Å². The summed E-state index contributed by atoms with van der Waals surface area (Å²) in [5.41, 5.74) is 7.15. The highest BCUT2D eigenvalue weighted by molar-refractivity contribution is 6.31. The van der Waals surface area contributed by atoms with Crippen molar-refractivity contribution in [2.24, 2.45) is 24.6 Å². The van der Waals surface area contributed by atoms with Gasteiger partial charge in [0.2, 0.25) is 0 Å². The molecule has 1 saturated carbocycles. The maximum Gasteiger partial charge on any atom is 0.0834 e. The topological polar surface area (TPSA) is 43.8 Å². The molecule has 0 saturated heterocycles. The summed E-state index contributed by atoms with van der Waals surface area (Å²) in [7, 11) is 1.89. The minimum atomic E-state index is 0.0555. The molecule has 3 atom stereocenters. The maximum atomic E-state index is 6.17. The third kappa shape index (κ3) is 1.55. The highest BCUT2D eigenvalue weighted by Crippen LogP contribution is 2.48. The molecule has 78 valence electrons. The van der Waals surface area contributed by atoms with Crippen LogP contribution in [0.1, 0.15) is 31.5 Å². The molecule has 0 aliphatic heterocycles. The SMILES string of the molecule is CC[C@@H]1C[C@H]1C(N)c1c(Cl)cnn1C. The third-order valence-corrected chi connectivity index (χ3v) is 3.51. The fourth-order valence-corrected chi connectivity index (χ4v) is 2.47. The Morgan fingerprint density at radius 1 is 1.79 bits per heavy atom. The molecule has 1 aromatic heterocycles. The van der Waals surface area contributed by atoms with E-state index in [1.54, 1.807) is 10.9 Å². The molecule has 2 N–H and O–H groups in total. The predicted molar refractivity (Wildman–Crippen MR) is 57.0 cm³/mol. The number of nitrogens with two attached hydrogens (primary N) is 1. The number of halogens is 1. The fraction of sp³-hybridized carbons (Fsp3) is 0.700. The number of hydrogen-bond acceptors (Lipinski definition) is 2. The Morgan fingerprint density at radius 2 is 2.50 bits per heavy atom. The minimum Gasteiger partial charge on any atom is -0.322 e. The lowest BCUT2D eigenvalue weighted by molar-refractivity contribution is 0.526. The number of aromatic nitrogens is 2. The smallest absolute Gasteiger partial charge is 0.0834 e. The van der Waals surface area contributed by atoms with E-state index in [2.05, 4.69) is 12.0 Å². The Balaban J connectivity index is 2.15. The first-order valence-corrected chi connectivity index (χ1v) is 5.46. The van der Waals surface area contributed by atoms with E-state index in [0.29, 0.717) is 10.9 Å². The van der Waals surface area contributed by atoms with Crippen LogP contribution in [-0.4, -0.2) is 9.78 Å². The van der Waals surface area contributed by atoms with Gasteiger partial charge < -0.3 is 5.73 Å². The lowest BCUT2D eigenvalue weighted by Gasteiger charge is -2.12. The number of aryl methyl sites for hydroxylation is 1. The van der Waals surface area contributed by atoms with Crippen molar-refractivity contribution >= 4 is 11.6 Å². The monoisotopic (exact) mass is 213 g/mol. The average Bonchev–Trinajstić information content (AvgIpc) is 2.87. The first-order valence-electron chi connectivity index (χ1n) is 5.08. The second kappa shape index (κ2) is 3.55. The van der Waals surface area contributed by atoms with Crippen molar-refractivity contribution in [3.8, 4) is 0 Å². The van der Waals surface area contributed by atoms with E-state index in [4.69, 9.17) is 17.3 Å². The first kappa shape index (κ1) is 9.99. The second-order valence-corrected chi connectivity index (χ2v) is 4.50. The summed E-state index contributed by atoms with van der Waals surface area (Å²) in [6.07, 6.45) is 4.12. The minimum absolute atomic E-state index is 0.0555. The summed E-state index contributed by atoms with van der Waals surface area (Å²) >= 11 is 6.04. The summed E-state index contributed by atoms with van der Waals surface area (Å²) in [6.45, 7) is 2.21. The van der Waals surface area contributed by atoms with Gasteiger partial charge in [-0.2, -0.15) is 5.10 Å². The van der Waals surface area contributed by atoms with Gasteiger partial charge in [-0.15, -0.1) is 0 Å². The first-order chi connectivity index (χ1) is 6.65. The fourth-order valence-electron chi connectivity index (χ4n) is 2.18. The molecule has 1 fully saturated rings. The predicted octanol–water partition coefficient (Wildman–Crippen LogP) is 2.12. The molecule has 1 aromatic rings. The molecular formula is C10H16ClN3. The molecule has 1 unspecified atom stereocenters. The van der Waals surface area contributed by atoms with E-state index in [-0.39, 0.29) is 6.04 Å². The van der Waals surface area contributed by atoms with E-state index in [9.17, 15) is 0 Å². The van der Waals surface area contributed by atoms with Crippen molar-refractivity contribution in [3.63, 3.8) is 0 Å². The van der Waals surface area contributed by atoms with Crippen molar-refractivity contribution in [1.29, 1.82) is 0 Å². The molecule has 3 nitrogen and oxygen atoms in total. The molecule has 0 bridgehead atoms. The molecule has 14 heavy (non-hydrogen) atoms. The molecule has 4 heteroatoms. The third-order valence-electron chi connectivity index (χ3n) is 3.22. The summed E-state index contributed by atoms with van der Waals surface area (Å²) in [5, 5.41) is 4.80. The van der Waals surface area contributed by atoms with Gasteiger partial charge in [-0.3, -0.25) is 4.68 Å². The molecule has 0 spiro atoms.